The molecule has 0 spiro atoms. The Balaban J connectivity index is 1.10. The third-order valence-corrected chi connectivity index (χ3v) is 12.6. The molecule has 8 aromatic carbocycles. The molecule has 12 rings (SSSR count). The Hall–Kier alpha value is -7.64. The molecule has 258 valence electrons. The van der Waals surface area contributed by atoms with E-state index in [1.165, 1.54) is 63.8 Å². The summed E-state index contributed by atoms with van der Waals surface area (Å²) in [6.45, 7) is 0. The summed E-state index contributed by atoms with van der Waals surface area (Å²) in [6.07, 6.45) is 0. The Bertz CT molecular complexity index is 3660. The first-order chi connectivity index (χ1) is 27.7. The number of nitriles is 2. The molecule has 0 bridgehead atoms. The minimum Gasteiger partial charge on any atom is -0.309 e. The van der Waals surface area contributed by atoms with Gasteiger partial charge in [-0.3, -0.25) is 0 Å². The summed E-state index contributed by atoms with van der Waals surface area (Å²) >= 11 is 1.81. The van der Waals surface area contributed by atoms with Gasteiger partial charge in [0.1, 0.15) is 0 Å². The maximum absolute atomic E-state index is 9.72. The normalized spacial score (nSPS) is 11.9. The Labute approximate surface area is 323 Å². The lowest BCUT2D eigenvalue weighted by Gasteiger charge is -2.10. The van der Waals surface area contributed by atoms with Crippen LogP contribution in [0.1, 0.15) is 11.1 Å². The standard InChI is InChI=1S/C50H27N5S/c51-28-30-14-18-45-37(22-30)38-23-31(29-52)15-19-46(38)54(45)33-16-20-49-41(24-33)42-25-34(17-21-50(42)56-49)55-44-13-7-5-11-36(44)40-26-47-39(27-48(40)55)35-10-4-6-12-43(35)53(47)32-8-2-1-3-9-32/h1-27H. The summed E-state index contributed by atoms with van der Waals surface area (Å²) in [4.78, 5) is 0. The van der Waals surface area contributed by atoms with E-state index in [0.29, 0.717) is 11.1 Å². The van der Waals surface area contributed by atoms with E-state index < -0.39 is 0 Å². The highest BCUT2D eigenvalue weighted by atomic mass is 32.1. The number of fused-ring (bicyclic) bond motifs is 12. The Morgan fingerprint density at radius 1 is 0.321 bits per heavy atom. The van der Waals surface area contributed by atoms with Crippen LogP contribution in [0.4, 0.5) is 0 Å². The van der Waals surface area contributed by atoms with Gasteiger partial charge >= 0.3 is 0 Å². The van der Waals surface area contributed by atoms with Crippen molar-refractivity contribution in [2.24, 2.45) is 0 Å². The zero-order valence-electron chi connectivity index (χ0n) is 29.7. The summed E-state index contributed by atoms with van der Waals surface area (Å²) in [5.41, 5.74) is 11.2. The van der Waals surface area contributed by atoms with E-state index in [2.05, 4.69) is 153 Å². The predicted octanol–water partition coefficient (Wildman–Crippen LogP) is 13.1. The van der Waals surface area contributed by atoms with Gasteiger partial charge in [0, 0.05) is 69.6 Å². The molecule has 5 nitrogen and oxygen atoms in total. The average molecular weight is 730 g/mol. The molecule has 0 N–H and O–H groups in total. The van der Waals surface area contributed by atoms with Gasteiger partial charge < -0.3 is 13.7 Å². The summed E-state index contributed by atoms with van der Waals surface area (Å²) in [6, 6.07) is 62.6. The monoisotopic (exact) mass is 729 g/mol. The van der Waals surface area contributed by atoms with Crippen LogP contribution < -0.4 is 0 Å². The number of hydrogen-bond acceptors (Lipinski definition) is 3. The van der Waals surface area contributed by atoms with Crippen molar-refractivity contribution in [2.75, 3.05) is 0 Å². The van der Waals surface area contributed by atoms with Gasteiger partial charge in [0.05, 0.1) is 56.4 Å². The summed E-state index contributed by atoms with van der Waals surface area (Å²) < 4.78 is 9.52. The van der Waals surface area contributed by atoms with Gasteiger partial charge in [-0.15, -0.1) is 11.3 Å². The molecule has 56 heavy (non-hydrogen) atoms. The lowest BCUT2D eigenvalue weighted by molar-refractivity contribution is 1.18. The number of aromatic nitrogens is 3. The molecule has 0 atom stereocenters. The van der Waals surface area contributed by atoms with Crippen LogP contribution in [0.2, 0.25) is 0 Å². The van der Waals surface area contributed by atoms with E-state index in [9.17, 15) is 10.5 Å². The van der Waals surface area contributed by atoms with Gasteiger partial charge in [-0.25, -0.2) is 0 Å². The van der Waals surface area contributed by atoms with E-state index in [0.717, 1.165) is 38.9 Å². The molecule has 12 aromatic rings. The lowest BCUT2D eigenvalue weighted by atomic mass is 10.1. The van der Waals surface area contributed by atoms with Crippen LogP contribution in [0.3, 0.4) is 0 Å². The maximum atomic E-state index is 9.72. The van der Waals surface area contributed by atoms with Crippen LogP contribution >= 0.6 is 11.3 Å². The van der Waals surface area contributed by atoms with E-state index in [-0.39, 0.29) is 0 Å². The molecule has 0 saturated heterocycles. The van der Waals surface area contributed by atoms with Crippen molar-refractivity contribution in [1.82, 2.24) is 13.7 Å². The molecular weight excluding hydrogens is 703 g/mol. The molecule has 6 heteroatoms. The van der Waals surface area contributed by atoms with Crippen molar-refractivity contribution in [3.05, 3.63) is 175 Å². The van der Waals surface area contributed by atoms with Crippen molar-refractivity contribution < 1.29 is 0 Å². The number of para-hydroxylation sites is 3. The lowest BCUT2D eigenvalue weighted by Crippen LogP contribution is -1.95. The molecule has 4 heterocycles. The molecule has 4 aromatic heterocycles. The molecule has 0 saturated carbocycles. The van der Waals surface area contributed by atoms with E-state index in [1.807, 2.05) is 47.7 Å². The van der Waals surface area contributed by atoms with E-state index >= 15 is 0 Å². The molecule has 0 aliphatic heterocycles. The quantitative estimate of drug-likeness (QED) is 0.182. The highest BCUT2D eigenvalue weighted by molar-refractivity contribution is 7.25. The van der Waals surface area contributed by atoms with Crippen LogP contribution in [0.15, 0.2) is 164 Å². The number of thiophene rings is 1. The zero-order valence-corrected chi connectivity index (χ0v) is 30.5. The minimum absolute atomic E-state index is 0.596. The van der Waals surface area contributed by atoms with Crippen LogP contribution in [0, 0.1) is 22.7 Å². The Morgan fingerprint density at radius 3 is 1.27 bits per heavy atom. The van der Waals surface area contributed by atoms with Crippen molar-refractivity contribution in [1.29, 1.82) is 10.5 Å². The van der Waals surface area contributed by atoms with Crippen molar-refractivity contribution in [2.45, 2.75) is 0 Å². The Kier molecular flexibility index (Phi) is 6.28. The van der Waals surface area contributed by atoms with Gasteiger partial charge in [0.2, 0.25) is 0 Å². The molecule has 0 radical (unpaired) electrons. The molecule has 0 fully saturated rings. The van der Waals surface area contributed by atoms with Gasteiger partial charge in [0.25, 0.3) is 0 Å². The Morgan fingerprint density at radius 2 is 0.750 bits per heavy atom. The summed E-state index contributed by atoms with van der Waals surface area (Å²) in [5, 5.41) is 28.6. The van der Waals surface area contributed by atoms with E-state index in [4.69, 9.17) is 0 Å². The molecule has 0 unspecified atom stereocenters. The molecule has 0 aliphatic carbocycles. The first kappa shape index (κ1) is 30.8. The number of rotatable bonds is 3. The van der Waals surface area contributed by atoms with Crippen molar-refractivity contribution in [3.63, 3.8) is 0 Å². The number of nitrogens with zero attached hydrogens (tertiary/aromatic N) is 5. The highest BCUT2D eigenvalue weighted by Crippen LogP contribution is 2.42. The second-order valence-corrected chi connectivity index (χ2v) is 15.5. The predicted molar refractivity (Wildman–Crippen MR) is 232 cm³/mol. The van der Waals surface area contributed by atoms with Crippen LogP contribution in [0.25, 0.3) is 103 Å². The molecular formula is C50H27N5S. The summed E-state index contributed by atoms with van der Waals surface area (Å²) in [5.74, 6) is 0. The highest BCUT2D eigenvalue weighted by Gasteiger charge is 2.20. The fourth-order valence-corrected chi connectivity index (χ4v) is 10.1. The zero-order chi connectivity index (χ0) is 37.1. The topological polar surface area (TPSA) is 62.4 Å². The van der Waals surface area contributed by atoms with Gasteiger partial charge in [-0.05, 0) is 109 Å². The van der Waals surface area contributed by atoms with Gasteiger partial charge in [-0.1, -0.05) is 54.6 Å². The van der Waals surface area contributed by atoms with Crippen molar-refractivity contribution in [3.8, 4) is 29.2 Å². The van der Waals surface area contributed by atoms with Crippen LogP contribution in [-0.4, -0.2) is 13.7 Å². The largest absolute Gasteiger partial charge is 0.309 e. The smallest absolute Gasteiger partial charge is 0.0991 e. The second kappa shape index (κ2) is 11.4. The first-order valence-electron chi connectivity index (χ1n) is 18.5. The third kappa shape index (κ3) is 4.22. The summed E-state index contributed by atoms with van der Waals surface area (Å²) in [7, 11) is 0. The average Bonchev–Trinajstić information content (AvgIpc) is 3.98. The van der Waals surface area contributed by atoms with E-state index in [1.54, 1.807) is 0 Å². The van der Waals surface area contributed by atoms with Crippen LogP contribution in [-0.2, 0) is 0 Å². The van der Waals surface area contributed by atoms with Crippen molar-refractivity contribution >= 4 is 96.9 Å². The second-order valence-electron chi connectivity index (χ2n) is 14.4. The van der Waals surface area contributed by atoms with Crippen LogP contribution in [0.5, 0.6) is 0 Å². The SMILES string of the molecule is N#Cc1ccc2c(c1)c1cc(C#N)ccc1n2-c1ccc2sc3ccc(-n4c5ccccc5c5cc6c(cc54)c4ccccc4n6-c4ccccc4)cc3c2c1. The third-order valence-electron chi connectivity index (χ3n) is 11.5. The fourth-order valence-electron chi connectivity index (χ4n) is 9.04. The minimum atomic E-state index is 0.596. The first-order valence-corrected chi connectivity index (χ1v) is 19.4. The van der Waals surface area contributed by atoms with Gasteiger partial charge in [-0.2, -0.15) is 10.5 Å². The fraction of sp³-hybridized carbons (Fsp3) is 0. The molecule has 0 amide bonds. The molecule has 0 aliphatic rings. The number of hydrogen-bond donors (Lipinski definition) is 0. The van der Waals surface area contributed by atoms with Gasteiger partial charge in [0.15, 0.2) is 0 Å². The number of benzene rings is 8. The maximum Gasteiger partial charge on any atom is 0.0991 e.